The maximum absolute atomic E-state index is 13.2. The molecule has 4 rings (SSSR count). The van der Waals surface area contributed by atoms with Gasteiger partial charge in [0.25, 0.3) is 0 Å². The van der Waals surface area contributed by atoms with Gasteiger partial charge in [-0.05, 0) is 50.9 Å². The van der Waals surface area contributed by atoms with Crippen LogP contribution in [0.1, 0.15) is 73.1 Å². The van der Waals surface area contributed by atoms with Crippen LogP contribution in [0.2, 0.25) is 0 Å². The van der Waals surface area contributed by atoms with Crippen molar-refractivity contribution in [3.63, 3.8) is 0 Å². The molecule has 0 aromatic carbocycles. The summed E-state index contributed by atoms with van der Waals surface area (Å²) in [6.07, 6.45) is 11.4. The predicted molar refractivity (Wildman–Crippen MR) is 121 cm³/mol. The lowest BCUT2D eigenvalue weighted by Crippen LogP contribution is -2.68. The molecule has 5 heteroatoms. The van der Waals surface area contributed by atoms with E-state index in [0.29, 0.717) is 6.42 Å². The predicted octanol–water partition coefficient (Wildman–Crippen LogP) is 6.22. The average molecular weight is 453 g/mol. The third-order valence-corrected chi connectivity index (χ3v) is 10.8. The Balaban J connectivity index is 1.84. The van der Waals surface area contributed by atoms with Gasteiger partial charge in [0.1, 0.15) is 0 Å². The van der Waals surface area contributed by atoms with Crippen molar-refractivity contribution in [2.75, 3.05) is 0 Å². The van der Waals surface area contributed by atoms with Gasteiger partial charge in [0, 0.05) is 23.2 Å². The molecule has 0 N–H and O–H groups in total. The van der Waals surface area contributed by atoms with Crippen molar-refractivity contribution in [2.24, 2.45) is 28.6 Å². The number of hydrogen-bond acceptors (Lipinski definition) is 3. The lowest BCUT2D eigenvalue weighted by molar-refractivity contribution is -0.192. The molecule has 0 saturated heterocycles. The first-order chi connectivity index (χ1) is 14.0. The lowest BCUT2D eigenvalue weighted by Gasteiger charge is -2.64. The Hall–Kier alpha value is -0.800. The van der Waals surface area contributed by atoms with Crippen molar-refractivity contribution in [2.45, 2.75) is 89.0 Å². The molecule has 4 aliphatic rings. The minimum atomic E-state index is -1.13. The number of carbonyl (C=O) groups excluding carboxylic acids is 2. The summed E-state index contributed by atoms with van der Waals surface area (Å²) in [6.45, 7) is 9.77. The van der Waals surface area contributed by atoms with Gasteiger partial charge in [-0.2, -0.15) is 0 Å². The van der Waals surface area contributed by atoms with Crippen LogP contribution in [0.3, 0.4) is 0 Å². The van der Waals surface area contributed by atoms with Gasteiger partial charge in [0.15, 0.2) is 11.4 Å². The summed E-state index contributed by atoms with van der Waals surface area (Å²) in [4.78, 5) is 25.0. The van der Waals surface area contributed by atoms with Crippen molar-refractivity contribution in [3.05, 3.63) is 23.8 Å². The molecule has 0 radical (unpaired) electrons. The van der Waals surface area contributed by atoms with Gasteiger partial charge in [0.05, 0.1) is 10.3 Å². The molecule has 0 amide bonds. The molecule has 0 aromatic heterocycles. The van der Waals surface area contributed by atoms with E-state index in [4.69, 9.17) is 27.9 Å². The minimum absolute atomic E-state index is 0.0602. The minimum Gasteiger partial charge on any atom is -0.450 e. The quantitative estimate of drug-likeness (QED) is 0.289. The molecular formula is C25H34Cl2O3. The van der Waals surface area contributed by atoms with E-state index in [2.05, 4.69) is 39.0 Å². The number of Topliss-reactive ketones (excluding diaryl/α,β-unsaturated/α-hetero) is 1. The first kappa shape index (κ1) is 22.4. The Morgan fingerprint density at radius 3 is 2.60 bits per heavy atom. The van der Waals surface area contributed by atoms with Crippen LogP contribution in [-0.4, -0.2) is 27.6 Å². The SMILES string of the molecule is CCC(=O)O[C@@]1(C(C)=O)[C@H](C)C[C@H]2[C@@H]3CCC4=CCC=C[C@]4(C)[C@@]3(Cl)[C@@H](Cl)C[C@@]21C. The maximum Gasteiger partial charge on any atom is 0.306 e. The maximum atomic E-state index is 13.2. The van der Waals surface area contributed by atoms with Crippen molar-refractivity contribution in [1.29, 1.82) is 0 Å². The zero-order chi connectivity index (χ0) is 22.1. The van der Waals surface area contributed by atoms with Crippen molar-refractivity contribution in [3.8, 4) is 0 Å². The molecule has 30 heavy (non-hydrogen) atoms. The monoisotopic (exact) mass is 452 g/mol. The van der Waals surface area contributed by atoms with Crippen LogP contribution in [0.15, 0.2) is 23.8 Å². The molecule has 0 aromatic rings. The highest BCUT2D eigenvalue weighted by Crippen LogP contribution is 2.73. The van der Waals surface area contributed by atoms with Crippen molar-refractivity contribution in [1.82, 2.24) is 0 Å². The Bertz CT molecular complexity index is 834. The summed E-state index contributed by atoms with van der Waals surface area (Å²) < 4.78 is 6.07. The van der Waals surface area contributed by atoms with Crippen LogP contribution in [0.25, 0.3) is 0 Å². The molecule has 0 bridgehead atoms. The van der Waals surface area contributed by atoms with E-state index >= 15 is 0 Å². The van der Waals surface area contributed by atoms with Crippen molar-refractivity contribution >= 4 is 35.0 Å². The van der Waals surface area contributed by atoms with Crippen LogP contribution in [0.5, 0.6) is 0 Å². The van der Waals surface area contributed by atoms with Crippen molar-refractivity contribution < 1.29 is 14.3 Å². The number of carbonyl (C=O) groups is 2. The first-order valence-corrected chi connectivity index (χ1v) is 12.2. The highest BCUT2D eigenvalue weighted by molar-refractivity contribution is 6.33. The normalized spacial score (nSPS) is 49.5. The zero-order valence-corrected chi connectivity index (χ0v) is 20.3. The number of ketones is 1. The Kier molecular flexibility index (Phi) is 5.30. The fourth-order valence-corrected chi connectivity index (χ4v) is 9.13. The summed E-state index contributed by atoms with van der Waals surface area (Å²) in [5.41, 5.74) is -0.537. The van der Waals surface area contributed by atoms with Crippen LogP contribution >= 0.6 is 23.2 Å². The van der Waals surface area contributed by atoms with Gasteiger partial charge in [-0.3, -0.25) is 9.59 Å². The van der Waals surface area contributed by atoms with E-state index in [-0.39, 0.29) is 46.7 Å². The highest BCUT2D eigenvalue weighted by atomic mass is 35.5. The largest absolute Gasteiger partial charge is 0.450 e. The number of esters is 1. The van der Waals surface area contributed by atoms with E-state index < -0.39 is 15.9 Å². The van der Waals surface area contributed by atoms with Crippen LogP contribution < -0.4 is 0 Å². The summed E-state index contributed by atoms with van der Waals surface area (Å²) in [6, 6.07) is 0. The summed E-state index contributed by atoms with van der Waals surface area (Å²) in [5.74, 6) is -0.0942. The molecule has 0 spiro atoms. The molecule has 3 fully saturated rings. The van der Waals surface area contributed by atoms with Crippen LogP contribution in [0, 0.1) is 28.6 Å². The van der Waals surface area contributed by atoms with E-state index in [1.54, 1.807) is 13.8 Å². The van der Waals surface area contributed by atoms with Gasteiger partial charge in [-0.15, -0.1) is 23.2 Å². The molecule has 3 saturated carbocycles. The Morgan fingerprint density at radius 2 is 1.97 bits per heavy atom. The van der Waals surface area contributed by atoms with Gasteiger partial charge in [-0.1, -0.05) is 51.5 Å². The summed E-state index contributed by atoms with van der Waals surface area (Å²) in [5, 5.41) is -0.328. The zero-order valence-electron chi connectivity index (χ0n) is 18.8. The molecule has 4 aliphatic carbocycles. The van der Waals surface area contributed by atoms with Gasteiger partial charge in [0.2, 0.25) is 0 Å². The average Bonchev–Trinajstić information content (AvgIpc) is 2.90. The van der Waals surface area contributed by atoms with E-state index in [0.717, 1.165) is 25.7 Å². The Labute approximate surface area is 190 Å². The van der Waals surface area contributed by atoms with E-state index in [9.17, 15) is 9.59 Å². The molecule has 166 valence electrons. The van der Waals surface area contributed by atoms with Gasteiger partial charge >= 0.3 is 5.97 Å². The fourth-order valence-electron chi connectivity index (χ4n) is 7.89. The first-order valence-electron chi connectivity index (χ1n) is 11.4. The lowest BCUT2D eigenvalue weighted by atomic mass is 9.46. The third kappa shape index (κ3) is 2.51. The molecule has 0 aliphatic heterocycles. The van der Waals surface area contributed by atoms with E-state index in [1.807, 2.05) is 0 Å². The van der Waals surface area contributed by atoms with Gasteiger partial charge < -0.3 is 4.74 Å². The van der Waals surface area contributed by atoms with Gasteiger partial charge in [-0.25, -0.2) is 0 Å². The summed E-state index contributed by atoms with van der Waals surface area (Å²) in [7, 11) is 0. The molecule has 0 unspecified atom stereocenters. The number of alkyl halides is 2. The number of allylic oxidation sites excluding steroid dienone is 4. The smallest absolute Gasteiger partial charge is 0.306 e. The number of halogens is 2. The highest BCUT2D eigenvalue weighted by Gasteiger charge is 2.75. The molecule has 3 nitrogen and oxygen atoms in total. The number of ether oxygens (including phenoxy) is 1. The second-order valence-corrected chi connectivity index (χ2v) is 11.6. The number of hydrogen-bond donors (Lipinski definition) is 0. The van der Waals surface area contributed by atoms with Crippen LogP contribution in [-0.2, 0) is 14.3 Å². The number of rotatable bonds is 3. The molecular weight excluding hydrogens is 419 g/mol. The van der Waals surface area contributed by atoms with Crippen LogP contribution in [0.4, 0.5) is 0 Å². The standard InChI is InChI=1S/C25H34Cl2O3/c1-6-21(29)30-25(16(3)28)15(2)13-19-18-11-10-17-9-7-8-12-22(17,4)24(18,27)20(26)14-23(19,25)5/h8-9,12,15,18-20H,6-7,10-11,13-14H2,1-5H3/t15-,18+,19+,20+,22+,23+,24+,25-/m1/s1. The second-order valence-electron chi connectivity index (χ2n) is 10.4. The topological polar surface area (TPSA) is 43.4 Å². The Morgan fingerprint density at radius 1 is 1.27 bits per heavy atom. The van der Waals surface area contributed by atoms with E-state index in [1.165, 1.54) is 5.57 Å². The molecule has 0 heterocycles. The molecule has 8 atom stereocenters. The number of fused-ring (bicyclic) bond motifs is 5. The fraction of sp³-hybridized carbons (Fsp3) is 0.760. The summed E-state index contributed by atoms with van der Waals surface area (Å²) >= 11 is 14.8. The second kappa shape index (κ2) is 7.10. The third-order valence-electron chi connectivity index (χ3n) is 9.28.